The van der Waals surface area contributed by atoms with Crippen molar-refractivity contribution < 1.29 is 4.79 Å². The zero-order chi connectivity index (χ0) is 14.9. The molecule has 3 unspecified atom stereocenters. The first-order chi connectivity index (χ1) is 10.1. The molecule has 0 bridgehead atoms. The zero-order valence-electron chi connectivity index (χ0n) is 13.1. The van der Waals surface area contributed by atoms with Crippen molar-refractivity contribution in [2.75, 3.05) is 32.7 Å². The van der Waals surface area contributed by atoms with E-state index in [0.717, 1.165) is 44.8 Å². The number of fused-ring (bicyclic) bond motifs is 1. The molecule has 1 saturated carbocycles. The number of carbonyl (C=O) groups excluding carboxylic acids is 1. The summed E-state index contributed by atoms with van der Waals surface area (Å²) in [6.07, 6.45) is 7.99. The number of carbonyl (C=O) groups is 1. The quantitative estimate of drug-likeness (QED) is 0.793. The van der Waals surface area contributed by atoms with Crippen LogP contribution in [0.15, 0.2) is 0 Å². The van der Waals surface area contributed by atoms with Gasteiger partial charge >= 0.3 is 0 Å². The van der Waals surface area contributed by atoms with Gasteiger partial charge < -0.3 is 16.4 Å². The molecule has 4 N–H and O–H groups in total. The second-order valence-corrected chi connectivity index (χ2v) is 7.27. The Labute approximate surface area is 128 Å². The lowest BCUT2D eigenvalue weighted by atomic mass is 9.84. The van der Waals surface area contributed by atoms with Gasteiger partial charge in [-0.1, -0.05) is 12.8 Å². The van der Waals surface area contributed by atoms with Gasteiger partial charge in [-0.2, -0.15) is 0 Å². The predicted molar refractivity (Wildman–Crippen MR) is 83.7 cm³/mol. The molecular formula is C16H30N4O. The maximum atomic E-state index is 11.6. The van der Waals surface area contributed by atoms with E-state index in [2.05, 4.69) is 9.80 Å². The fourth-order valence-electron chi connectivity index (χ4n) is 4.59. The highest BCUT2D eigenvalue weighted by Crippen LogP contribution is 2.36. The van der Waals surface area contributed by atoms with E-state index in [1.807, 2.05) is 0 Å². The number of piperazine rings is 1. The van der Waals surface area contributed by atoms with E-state index in [4.69, 9.17) is 11.5 Å². The topological polar surface area (TPSA) is 75.6 Å². The number of nitrogens with two attached hydrogens (primary N) is 2. The molecule has 3 aliphatic rings. The van der Waals surface area contributed by atoms with Crippen LogP contribution in [0.3, 0.4) is 0 Å². The molecule has 0 aromatic rings. The summed E-state index contributed by atoms with van der Waals surface area (Å²) in [5, 5.41) is 0. The van der Waals surface area contributed by atoms with Gasteiger partial charge in [-0.05, 0) is 51.1 Å². The summed E-state index contributed by atoms with van der Waals surface area (Å²) < 4.78 is 0. The molecule has 2 heterocycles. The van der Waals surface area contributed by atoms with Crippen molar-refractivity contribution in [3.05, 3.63) is 0 Å². The zero-order valence-corrected chi connectivity index (χ0v) is 13.1. The van der Waals surface area contributed by atoms with Gasteiger partial charge in [-0.15, -0.1) is 0 Å². The molecule has 0 radical (unpaired) electrons. The summed E-state index contributed by atoms with van der Waals surface area (Å²) in [6, 6.07) is 0.759. The highest BCUT2D eigenvalue weighted by atomic mass is 16.1. The molecule has 3 atom stereocenters. The molecule has 0 spiro atoms. The Bertz CT molecular complexity index is 388. The normalized spacial score (nSPS) is 38.3. The smallest absolute Gasteiger partial charge is 0.237 e. The molecule has 120 valence electrons. The van der Waals surface area contributed by atoms with Crippen molar-refractivity contribution in [2.24, 2.45) is 17.4 Å². The van der Waals surface area contributed by atoms with Crippen LogP contribution in [0.25, 0.3) is 0 Å². The molecule has 5 nitrogen and oxygen atoms in total. The SMILES string of the molecule is NC(=O)C1(N)CCCC1CCN1CCN2CCCCC2C1. The molecule has 2 saturated heterocycles. The Morgan fingerprint density at radius 3 is 2.81 bits per heavy atom. The van der Waals surface area contributed by atoms with Crippen molar-refractivity contribution >= 4 is 5.91 Å². The summed E-state index contributed by atoms with van der Waals surface area (Å²) in [4.78, 5) is 16.9. The number of rotatable bonds is 4. The Kier molecular flexibility index (Phi) is 4.52. The molecule has 3 fully saturated rings. The minimum absolute atomic E-state index is 0.277. The average molecular weight is 294 g/mol. The van der Waals surface area contributed by atoms with E-state index in [9.17, 15) is 4.79 Å². The lowest BCUT2D eigenvalue weighted by molar-refractivity contribution is -0.124. The van der Waals surface area contributed by atoms with Crippen molar-refractivity contribution in [1.82, 2.24) is 9.80 Å². The van der Waals surface area contributed by atoms with Gasteiger partial charge in [0.05, 0.1) is 5.54 Å². The molecular weight excluding hydrogens is 264 g/mol. The van der Waals surface area contributed by atoms with Crippen LogP contribution in [0.4, 0.5) is 0 Å². The molecule has 1 aliphatic carbocycles. The molecule has 3 rings (SSSR count). The first kappa shape index (κ1) is 15.3. The van der Waals surface area contributed by atoms with Gasteiger partial charge in [-0.3, -0.25) is 9.69 Å². The van der Waals surface area contributed by atoms with Gasteiger partial charge in [0.2, 0.25) is 5.91 Å². The lowest BCUT2D eigenvalue weighted by Crippen LogP contribution is -2.57. The number of amides is 1. The largest absolute Gasteiger partial charge is 0.368 e. The Morgan fingerprint density at radius 2 is 2.00 bits per heavy atom. The van der Waals surface area contributed by atoms with Crippen LogP contribution in [0.5, 0.6) is 0 Å². The van der Waals surface area contributed by atoms with E-state index in [1.165, 1.54) is 38.9 Å². The van der Waals surface area contributed by atoms with Crippen LogP contribution in [-0.4, -0.2) is 60.0 Å². The van der Waals surface area contributed by atoms with E-state index in [-0.39, 0.29) is 11.8 Å². The summed E-state index contributed by atoms with van der Waals surface area (Å²) in [5.74, 6) is -0.0264. The van der Waals surface area contributed by atoms with Crippen LogP contribution in [0.2, 0.25) is 0 Å². The number of primary amides is 1. The average Bonchev–Trinajstić information content (AvgIpc) is 2.87. The molecule has 5 heteroatoms. The van der Waals surface area contributed by atoms with E-state index in [1.54, 1.807) is 0 Å². The number of hydrogen-bond donors (Lipinski definition) is 2. The fourth-order valence-corrected chi connectivity index (χ4v) is 4.59. The van der Waals surface area contributed by atoms with E-state index < -0.39 is 5.54 Å². The molecule has 21 heavy (non-hydrogen) atoms. The summed E-state index contributed by atoms with van der Waals surface area (Å²) in [7, 11) is 0. The first-order valence-electron chi connectivity index (χ1n) is 8.65. The van der Waals surface area contributed by atoms with Crippen LogP contribution in [0.1, 0.15) is 44.9 Å². The fraction of sp³-hybridized carbons (Fsp3) is 0.938. The standard InChI is InChI=1S/C16H30N4O/c17-15(21)16(18)7-3-4-13(16)6-9-19-10-11-20-8-2-1-5-14(20)12-19/h13-14H,1-12,18H2,(H2,17,21). The van der Waals surface area contributed by atoms with Crippen molar-refractivity contribution in [3.63, 3.8) is 0 Å². The maximum Gasteiger partial charge on any atom is 0.237 e. The van der Waals surface area contributed by atoms with Crippen LogP contribution in [0, 0.1) is 5.92 Å². The Hall–Kier alpha value is -0.650. The molecule has 0 aromatic carbocycles. The third-order valence-corrected chi connectivity index (χ3v) is 6.05. The summed E-state index contributed by atoms with van der Waals surface area (Å²) in [6.45, 7) is 5.92. The van der Waals surface area contributed by atoms with Crippen LogP contribution < -0.4 is 11.5 Å². The number of piperidine rings is 1. The maximum absolute atomic E-state index is 11.6. The molecule has 1 amide bonds. The minimum Gasteiger partial charge on any atom is -0.368 e. The van der Waals surface area contributed by atoms with Gasteiger partial charge in [0.25, 0.3) is 0 Å². The summed E-state index contributed by atoms with van der Waals surface area (Å²) >= 11 is 0. The monoisotopic (exact) mass is 294 g/mol. The third kappa shape index (κ3) is 3.10. The van der Waals surface area contributed by atoms with Crippen LogP contribution >= 0.6 is 0 Å². The second-order valence-electron chi connectivity index (χ2n) is 7.27. The van der Waals surface area contributed by atoms with E-state index in [0.29, 0.717) is 0 Å². The highest BCUT2D eigenvalue weighted by Gasteiger charge is 2.44. The predicted octanol–water partition coefficient (Wildman–Crippen LogP) is 0.530. The number of hydrogen-bond acceptors (Lipinski definition) is 4. The Morgan fingerprint density at radius 1 is 1.14 bits per heavy atom. The second kappa shape index (κ2) is 6.23. The van der Waals surface area contributed by atoms with Gasteiger partial charge in [0, 0.05) is 25.7 Å². The number of nitrogens with zero attached hydrogens (tertiary/aromatic N) is 2. The van der Waals surface area contributed by atoms with Gasteiger partial charge in [0.15, 0.2) is 0 Å². The first-order valence-corrected chi connectivity index (χ1v) is 8.65. The lowest BCUT2D eigenvalue weighted by Gasteiger charge is -2.44. The van der Waals surface area contributed by atoms with Gasteiger partial charge in [-0.25, -0.2) is 0 Å². The summed E-state index contributed by atoms with van der Waals surface area (Å²) in [5.41, 5.74) is 11.1. The highest BCUT2D eigenvalue weighted by molar-refractivity contribution is 5.85. The molecule has 2 aliphatic heterocycles. The van der Waals surface area contributed by atoms with Crippen molar-refractivity contribution in [2.45, 2.75) is 56.5 Å². The minimum atomic E-state index is -0.743. The third-order valence-electron chi connectivity index (χ3n) is 6.05. The van der Waals surface area contributed by atoms with Gasteiger partial charge in [0.1, 0.15) is 0 Å². The van der Waals surface area contributed by atoms with Crippen molar-refractivity contribution in [1.29, 1.82) is 0 Å². The van der Waals surface area contributed by atoms with E-state index >= 15 is 0 Å². The molecule has 0 aromatic heterocycles. The van der Waals surface area contributed by atoms with Crippen molar-refractivity contribution in [3.8, 4) is 0 Å². The van der Waals surface area contributed by atoms with Crippen LogP contribution in [-0.2, 0) is 4.79 Å². The Balaban J connectivity index is 1.50.